The molecule has 2 rings (SSSR count). The number of likely N-dealkylation sites (tertiary alicyclic amines) is 1. The van der Waals surface area contributed by atoms with Crippen LogP contribution in [0.1, 0.15) is 28.8 Å². The molecule has 0 unspecified atom stereocenters. The first-order chi connectivity index (χ1) is 9.52. The molecule has 0 aliphatic carbocycles. The van der Waals surface area contributed by atoms with Gasteiger partial charge in [0, 0.05) is 13.1 Å². The van der Waals surface area contributed by atoms with Crippen LogP contribution in [-0.2, 0) is 4.79 Å². The highest BCUT2D eigenvalue weighted by atomic mass is 16.5. The highest BCUT2D eigenvalue weighted by molar-refractivity contribution is 5.97. The average molecular weight is 277 g/mol. The predicted octanol–water partition coefficient (Wildman–Crippen LogP) is 1.94. The Labute approximate surface area is 118 Å². The Balaban J connectivity index is 2.22. The lowest BCUT2D eigenvalue weighted by atomic mass is 9.97. The second-order valence-corrected chi connectivity index (χ2v) is 5.13. The summed E-state index contributed by atoms with van der Waals surface area (Å²) >= 11 is 0. The quantitative estimate of drug-likeness (QED) is 0.917. The zero-order chi connectivity index (χ0) is 14.7. The van der Waals surface area contributed by atoms with E-state index in [1.165, 1.54) is 7.11 Å². The van der Waals surface area contributed by atoms with Crippen LogP contribution in [0.15, 0.2) is 18.2 Å². The van der Waals surface area contributed by atoms with E-state index in [2.05, 4.69) is 0 Å². The van der Waals surface area contributed by atoms with Crippen LogP contribution >= 0.6 is 0 Å². The summed E-state index contributed by atoms with van der Waals surface area (Å²) in [5, 5.41) is 9.09. The van der Waals surface area contributed by atoms with E-state index >= 15 is 0 Å². The number of carboxylic acids is 1. The van der Waals surface area contributed by atoms with E-state index < -0.39 is 11.9 Å². The molecule has 1 aliphatic rings. The number of hydrogen-bond donors (Lipinski definition) is 1. The van der Waals surface area contributed by atoms with Gasteiger partial charge in [0.05, 0.1) is 18.6 Å². The lowest BCUT2D eigenvalue weighted by molar-refractivity contribution is -0.143. The van der Waals surface area contributed by atoms with E-state index in [0.29, 0.717) is 24.3 Å². The summed E-state index contributed by atoms with van der Waals surface area (Å²) in [7, 11) is 1.53. The van der Waals surface area contributed by atoms with Crippen LogP contribution in [0.25, 0.3) is 0 Å². The summed E-state index contributed by atoms with van der Waals surface area (Å²) in [6.07, 6.45) is 1.35. The molecule has 108 valence electrons. The standard InChI is InChI=1S/C15H19NO4/c1-10-5-6-13(20-2)12(8-10)14(17)16-7-3-4-11(9-16)15(18)19/h5-6,8,11H,3-4,7,9H2,1-2H3,(H,18,19)/t11-/m1/s1. The van der Waals surface area contributed by atoms with Crippen LogP contribution in [0.3, 0.4) is 0 Å². The van der Waals surface area contributed by atoms with Crippen molar-refractivity contribution in [2.45, 2.75) is 19.8 Å². The summed E-state index contributed by atoms with van der Waals surface area (Å²) in [5.41, 5.74) is 1.47. The van der Waals surface area contributed by atoms with Gasteiger partial charge in [-0.25, -0.2) is 0 Å². The van der Waals surface area contributed by atoms with E-state index in [1.54, 1.807) is 17.0 Å². The molecule has 1 amide bonds. The Morgan fingerprint density at radius 1 is 1.40 bits per heavy atom. The van der Waals surface area contributed by atoms with Gasteiger partial charge in [-0.1, -0.05) is 11.6 Å². The van der Waals surface area contributed by atoms with Crippen molar-refractivity contribution in [1.29, 1.82) is 0 Å². The lowest BCUT2D eigenvalue weighted by Gasteiger charge is -2.31. The molecule has 1 heterocycles. The molecular formula is C15H19NO4. The Hall–Kier alpha value is -2.04. The van der Waals surface area contributed by atoms with Crippen LogP contribution in [-0.4, -0.2) is 42.1 Å². The van der Waals surface area contributed by atoms with Crippen molar-refractivity contribution < 1.29 is 19.4 Å². The number of carbonyl (C=O) groups is 2. The maximum atomic E-state index is 12.6. The topological polar surface area (TPSA) is 66.8 Å². The van der Waals surface area contributed by atoms with E-state index in [1.807, 2.05) is 13.0 Å². The van der Waals surface area contributed by atoms with Gasteiger partial charge < -0.3 is 14.7 Å². The molecular weight excluding hydrogens is 258 g/mol. The largest absolute Gasteiger partial charge is 0.496 e. The molecule has 0 bridgehead atoms. The van der Waals surface area contributed by atoms with Gasteiger partial charge in [0.25, 0.3) is 5.91 Å². The van der Waals surface area contributed by atoms with Gasteiger partial charge in [-0.15, -0.1) is 0 Å². The molecule has 1 aromatic carbocycles. The average Bonchev–Trinajstić information content (AvgIpc) is 2.46. The zero-order valence-electron chi connectivity index (χ0n) is 11.8. The first kappa shape index (κ1) is 14.4. The molecule has 1 aliphatic heterocycles. The minimum absolute atomic E-state index is 0.156. The number of methoxy groups -OCH3 is 1. The number of rotatable bonds is 3. The van der Waals surface area contributed by atoms with E-state index in [0.717, 1.165) is 12.0 Å². The fraction of sp³-hybridized carbons (Fsp3) is 0.467. The maximum absolute atomic E-state index is 12.6. The van der Waals surface area contributed by atoms with E-state index in [-0.39, 0.29) is 12.5 Å². The number of benzene rings is 1. The normalized spacial score (nSPS) is 18.7. The zero-order valence-corrected chi connectivity index (χ0v) is 11.8. The van der Waals surface area contributed by atoms with Crippen LogP contribution in [0.2, 0.25) is 0 Å². The van der Waals surface area contributed by atoms with Crippen molar-refractivity contribution in [3.8, 4) is 5.75 Å². The third kappa shape index (κ3) is 2.92. The molecule has 20 heavy (non-hydrogen) atoms. The number of hydrogen-bond acceptors (Lipinski definition) is 3. The lowest BCUT2D eigenvalue weighted by Crippen LogP contribution is -2.42. The van der Waals surface area contributed by atoms with E-state index in [9.17, 15) is 9.59 Å². The summed E-state index contributed by atoms with van der Waals surface area (Å²) in [5.74, 6) is -0.934. The number of aliphatic carboxylic acids is 1. The SMILES string of the molecule is COc1ccc(C)cc1C(=O)N1CCC[C@@H](C(=O)O)C1. The third-order valence-electron chi connectivity index (χ3n) is 3.64. The highest BCUT2D eigenvalue weighted by Gasteiger charge is 2.29. The van der Waals surface area contributed by atoms with Gasteiger partial charge in [-0.2, -0.15) is 0 Å². The Morgan fingerprint density at radius 2 is 2.15 bits per heavy atom. The van der Waals surface area contributed by atoms with Gasteiger partial charge in [0.2, 0.25) is 0 Å². The second-order valence-electron chi connectivity index (χ2n) is 5.13. The maximum Gasteiger partial charge on any atom is 0.308 e. The molecule has 5 nitrogen and oxygen atoms in total. The molecule has 1 fully saturated rings. The second kappa shape index (κ2) is 5.94. The van der Waals surface area contributed by atoms with Gasteiger partial charge in [0.15, 0.2) is 0 Å². The van der Waals surface area contributed by atoms with Crippen molar-refractivity contribution in [2.24, 2.45) is 5.92 Å². The van der Waals surface area contributed by atoms with E-state index in [4.69, 9.17) is 9.84 Å². The first-order valence-corrected chi connectivity index (χ1v) is 6.69. The molecule has 1 saturated heterocycles. The number of carbonyl (C=O) groups excluding carboxylic acids is 1. The van der Waals surface area contributed by atoms with Crippen LogP contribution in [0.4, 0.5) is 0 Å². The molecule has 5 heteroatoms. The molecule has 0 spiro atoms. The van der Waals surface area contributed by atoms with Crippen molar-refractivity contribution in [1.82, 2.24) is 4.90 Å². The van der Waals surface area contributed by atoms with Crippen LogP contribution in [0.5, 0.6) is 5.75 Å². The monoisotopic (exact) mass is 277 g/mol. The van der Waals surface area contributed by atoms with Crippen LogP contribution < -0.4 is 4.74 Å². The summed E-state index contributed by atoms with van der Waals surface area (Å²) in [4.78, 5) is 25.2. The smallest absolute Gasteiger partial charge is 0.308 e. The fourth-order valence-corrected chi connectivity index (χ4v) is 2.52. The van der Waals surface area contributed by atoms with Gasteiger partial charge >= 0.3 is 5.97 Å². The number of aryl methyl sites for hydroxylation is 1. The van der Waals surface area contributed by atoms with Crippen molar-refractivity contribution in [3.05, 3.63) is 29.3 Å². The fourth-order valence-electron chi connectivity index (χ4n) is 2.52. The minimum atomic E-state index is -0.835. The molecule has 0 aromatic heterocycles. The first-order valence-electron chi connectivity index (χ1n) is 6.69. The highest BCUT2D eigenvalue weighted by Crippen LogP contribution is 2.24. The summed E-state index contributed by atoms with van der Waals surface area (Å²) in [6, 6.07) is 5.43. The number of amides is 1. The predicted molar refractivity (Wildman–Crippen MR) is 74.0 cm³/mol. The molecule has 0 saturated carbocycles. The number of piperidine rings is 1. The van der Waals surface area contributed by atoms with Crippen molar-refractivity contribution in [3.63, 3.8) is 0 Å². The minimum Gasteiger partial charge on any atom is -0.496 e. The number of ether oxygens (including phenoxy) is 1. The summed E-state index contributed by atoms with van der Waals surface area (Å²) in [6.45, 7) is 2.78. The van der Waals surface area contributed by atoms with Crippen LogP contribution in [0, 0.1) is 12.8 Å². The molecule has 1 N–H and O–H groups in total. The summed E-state index contributed by atoms with van der Waals surface area (Å²) < 4.78 is 5.22. The van der Waals surface area contributed by atoms with Gasteiger partial charge in [-0.3, -0.25) is 9.59 Å². The molecule has 0 radical (unpaired) electrons. The Morgan fingerprint density at radius 3 is 2.80 bits per heavy atom. The van der Waals surface area contributed by atoms with Gasteiger partial charge in [0.1, 0.15) is 5.75 Å². The third-order valence-corrected chi connectivity index (χ3v) is 3.64. The number of carboxylic acid groups (broad SMARTS) is 1. The molecule has 1 atom stereocenters. The Bertz CT molecular complexity index is 527. The van der Waals surface area contributed by atoms with Crippen molar-refractivity contribution >= 4 is 11.9 Å². The number of nitrogens with zero attached hydrogens (tertiary/aromatic N) is 1. The molecule has 1 aromatic rings. The van der Waals surface area contributed by atoms with Crippen molar-refractivity contribution in [2.75, 3.05) is 20.2 Å². The van der Waals surface area contributed by atoms with Gasteiger partial charge in [-0.05, 0) is 31.9 Å². The Kier molecular flexibility index (Phi) is 4.27.